The molecule has 1 unspecified atom stereocenters. The highest BCUT2D eigenvalue weighted by Crippen LogP contribution is 2.27. The highest BCUT2D eigenvalue weighted by atomic mass is 15.1. The molecule has 1 heterocycles. The van der Waals surface area contributed by atoms with Crippen molar-refractivity contribution in [3.63, 3.8) is 0 Å². The highest BCUT2D eigenvalue weighted by Gasteiger charge is 2.29. The minimum absolute atomic E-state index is 0.496. The van der Waals surface area contributed by atoms with Crippen LogP contribution in [-0.2, 0) is 0 Å². The zero-order valence-electron chi connectivity index (χ0n) is 11.0. The van der Waals surface area contributed by atoms with Gasteiger partial charge in [0.15, 0.2) is 0 Å². The molecule has 0 aromatic rings. The molecule has 0 spiro atoms. The van der Waals surface area contributed by atoms with Gasteiger partial charge < -0.3 is 10.2 Å². The van der Waals surface area contributed by atoms with E-state index < -0.39 is 0 Å². The highest BCUT2D eigenvalue weighted by molar-refractivity contribution is 4.85. The molecule has 0 saturated carbocycles. The second kappa shape index (κ2) is 5.86. The van der Waals surface area contributed by atoms with E-state index in [-0.39, 0.29) is 0 Å². The normalized spacial score (nSPS) is 27.6. The molecule has 1 saturated heterocycles. The molecular weight excluding hydrogens is 184 g/mol. The largest absolute Gasteiger partial charge is 0.316 e. The standard InChI is InChI=1S/C13H28N2/c1-5-12(6-2)15(4)11-13(3)8-7-9-14-10-13/h12,14H,5-11H2,1-4H3. The molecule has 0 bridgehead atoms. The smallest absolute Gasteiger partial charge is 0.00872 e. The van der Waals surface area contributed by atoms with Crippen molar-refractivity contribution in [3.05, 3.63) is 0 Å². The van der Waals surface area contributed by atoms with Gasteiger partial charge in [-0.3, -0.25) is 0 Å². The Kier molecular flexibility index (Phi) is 5.07. The van der Waals surface area contributed by atoms with E-state index in [0.717, 1.165) is 6.04 Å². The lowest BCUT2D eigenvalue weighted by Gasteiger charge is -2.39. The van der Waals surface area contributed by atoms with Crippen LogP contribution >= 0.6 is 0 Å². The molecule has 2 heteroatoms. The summed E-state index contributed by atoms with van der Waals surface area (Å²) in [5.74, 6) is 0. The predicted octanol–water partition coefficient (Wildman–Crippen LogP) is 2.50. The molecular formula is C13H28N2. The molecule has 15 heavy (non-hydrogen) atoms. The first kappa shape index (κ1) is 13.0. The topological polar surface area (TPSA) is 15.3 Å². The summed E-state index contributed by atoms with van der Waals surface area (Å²) in [7, 11) is 2.29. The van der Waals surface area contributed by atoms with Gasteiger partial charge in [-0.2, -0.15) is 0 Å². The van der Waals surface area contributed by atoms with Crippen LogP contribution in [0, 0.1) is 5.41 Å². The summed E-state index contributed by atoms with van der Waals surface area (Å²) in [6.07, 6.45) is 5.27. The lowest BCUT2D eigenvalue weighted by atomic mass is 9.82. The molecule has 0 radical (unpaired) electrons. The molecule has 2 nitrogen and oxygen atoms in total. The Labute approximate surface area is 95.4 Å². The van der Waals surface area contributed by atoms with Crippen LogP contribution in [0.25, 0.3) is 0 Å². The molecule has 1 fully saturated rings. The van der Waals surface area contributed by atoms with E-state index in [0.29, 0.717) is 5.41 Å². The first-order valence-corrected chi connectivity index (χ1v) is 6.52. The van der Waals surface area contributed by atoms with Gasteiger partial charge in [0.2, 0.25) is 0 Å². The maximum Gasteiger partial charge on any atom is 0.00872 e. The van der Waals surface area contributed by atoms with Crippen molar-refractivity contribution in [2.24, 2.45) is 5.41 Å². The molecule has 1 rings (SSSR count). The number of nitrogens with zero attached hydrogens (tertiary/aromatic N) is 1. The number of hydrogen-bond acceptors (Lipinski definition) is 2. The summed E-state index contributed by atoms with van der Waals surface area (Å²) in [5, 5.41) is 3.53. The van der Waals surface area contributed by atoms with Crippen molar-refractivity contribution in [1.82, 2.24) is 10.2 Å². The molecule has 1 aliphatic heterocycles. The van der Waals surface area contributed by atoms with Crippen molar-refractivity contribution >= 4 is 0 Å². The molecule has 0 aromatic carbocycles. The Hall–Kier alpha value is -0.0800. The van der Waals surface area contributed by atoms with E-state index in [1.807, 2.05) is 0 Å². The SMILES string of the molecule is CCC(CC)N(C)CC1(C)CCCNC1. The second-order valence-corrected chi connectivity index (χ2v) is 5.48. The Morgan fingerprint density at radius 3 is 2.47 bits per heavy atom. The van der Waals surface area contributed by atoms with Crippen LogP contribution < -0.4 is 5.32 Å². The Bertz CT molecular complexity index is 169. The van der Waals surface area contributed by atoms with Gasteiger partial charge in [0, 0.05) is 19.1 Å². The summed E-state index contributed by atoms with van der Waals surface area (Å²) in [5.41, 5.74) is 0.496. The van der Waals surface area contributed by atoms with E-state index >= 15 is 0 Å². The Morgan fingerprint density at radius 1 is 1.33 bits per heavy atom. The molecule has 0 amide bonds. The summed E-state index contributed by atoms with van der Waals surface area (Å²) >= 11 is 0. The predicted molar refractivity (Wildman–Crippen MR) is 67.2 cm³/mol. The van der Waals surface area contributed by atoms with Gasteiger partial charge in [0.05, 0.1) is 0 Å². The van der Waals surface area contributed by atoms with Crippen molar-refractivity contribution < 1.29 is 0 Å². The van der Waals surface area contributed by atoms with Crippen molar-refractivity contribution in [2.75, 3.05) is 26.7 Å². The third-order valence-corrected chi connectivity index (χ3v) is 3.88. The lowest BCUT2D eigenvalue weighted by molar-refractivity contribution is 0.117. The van der Waals surface area contributed by atoms with E-state index in [1.54, 1.807) is 0 Å². The molecule has 0 aliphatic carbocycles. The Balaban J connectivity index is 2.44. The number of piperidine rings is 1. The average molecular weight is 212 g/mol. The fraction of sp³-hybridized carbons (Fsp3) is 1.00. The minimum atomic E-state index is 0.496. The zero-order chi connectivity index (χ0) is 11.3. The number of rotatable bonds is 5. The summed E-state index contributed by atoms with van der Waals surface area (Å²) in [6, 6.07) is 0.767. The Morgan fingerprint density at radius 2 is 2.00 bits per heavy atom. The third kappa shape index (κ3) is 3.76. The molecule has 1 N–H and O–H groups in total. The third-order valence-electron chi connectivity index (χ3n) is 3.88. The average Bonchev–Trinajstić information content (AvgIpc) is 2.19. The first-order chi connectivity index (χ1) is 7.11. The van der Waals surface area contributed by atoms with Gasteiger partial charge in [0.25, 0.3) is 0 Å². The maximum atomic E-state index is 3.53. The van der Waals surface area contributed by atoms with Crippen LogP contribution in [0.5, 0.6) is 0 Å². The number of hydrogen-bond donors (Lipinski definition) is 1. The van der Waals surface area contributed by atoms with Gasteiger partial charge in [0.1, 0.15) is 0 Å². The van der Waals surface area contributed by atoms with Crippen LogP contribution in [0.3, 0.4) is 0 Å². The van der Waals surface area contributed by atoms with E-state index in [4.69, 9.17) is 0 Å². The maximum absolute atomic E-state index is 3.53. The van der Waals surface area contributed by atoms with Gasteiger partial charge in [-0.15, -0.1) is 0 Å². The van der Waals surface area contributed by atoms with Crippen LogP contribution in [-0.4, -0.2) is 37.6 Å². The lowest BCUT2D eigenvalue weighted by Crippen LogP contribution is -2.47. The summed E-state index contributed by atoms with van der Waals surface area (Å²) in [4.78, 5) is 2.56. The van der Waals surface area contributed by atoms with Gasteiger partial charge in [-0.05, 0) is 44.7 Å². The second-order valence-electron chi connectivity index (χ2n) is 5.48. The summed E-state index contributed by atoms with van der Waals surface area (Å²) in [6.45, 7) is 10.7. The van der Waals surface area contributed by atoms with E-state index in [2.05, 4.69) is 38.0 Å². The molecule has 0 aromatic heterocycles. The van der Waals surface area contributed by atoms with Crippen molar-refractivity contribution in [1.29, 1.82) is 0 Å². The monoisotopic (exact) mass is 212 g/mol. The zero-order valence-corrected chi connectivity index (χ0v) is 11.0. The van der Waals surface area contributed by atoms with Crippen LogP contribution in [0.4, 0.5) is 0 Å². The van der Waals surface area contributed by atoms with Crippen LogP contribution in [0.15, 0.2) is 0 Å². The van der Waals surface area contributed by atoms with Crippen LogP contribution in [0.2, 0.25) is 0 Å². The van der Waals surface area contributed by atoms with Gasteiger partial charge in [-0.1, -0.05) is 20.8 Å². The van der Waals surface area contributed by atoms with Crippen molar-refractivity contribution in [3.8, 4) is 0 Å². The van der Waals surface area contributed by atoms with Crippen LogP contribution in [0.1, 0.15) is 46.5 Å². The van der Waals surface area contributed by atoms with Gasteiger partial charge in [-0.25, -0.2) is 0 Å². The molecule has 1 aliphatic rings. The van der Waals surface area contributed by atoms with Crippen molar-refractivity contribution in [2.45, 2.75) is 52.5 Å². The molecule has 90 valence electrons. The van der Waals surface area contributed by atoms with E-state index in [1.165, 1.54) is 45.3 Å². The minimum Gasteiger partial charge on any atom is -0.316 e. The number of nitrogens with one attached hydrogen (secondary N) is 1. The molecule has 1 atom stereocenters. The van der Waals surface area contributed by atoms with Gasteiger partial charge >= 0.3 is 0 Å². The van der Waals surface area contributed by atoms with E-state index in [9.17, 15) is 0 Å². The fourth-order valence-corrected chi connectivity index (χ4v) is 2.90. The summed E-state index contributed by atoms with van der Waals surface area (Å²) < 4.78 is 0. The fourth-order valence-electron chi connectivity index (χ4n) is 2.90. The first-order valence-electron chi connectivity index (χ1n) is 6.52. The quantitative estimate of drug-likeness (QED) is 0.753.